The Morgan fingerprint density at radius 1 is 1.55 bits per heavy atom. The van der Waals surface area contributed by atoms with Crippen LogP contribution in [0.15, 0.2) is 18.2 Å². The van der Waals surface area contributed by atoms with Crippen molar-refractivity contribution in [3.63, 3.8) is 0 Å². The largest absolute Gasteiger partial charge is 0.391 e. The van der Waals surface area contributed by atoms with Crippen LogP contribution in [0.4, 0.5) is 5.69 Å². The number of amidine groups is 1. The van der Waals surface area contributed by atoms with Crippen molar-refractivity contribution in [3.05, 3.63) is 28.8 Å². The van der Waals surface area contributed by atoms with Gasteiger partial charge in [-0.2, -0.15) is 0 Å². The minimum absolute atomic E-state index is 0.00440. The lowest BCUT2D eigenvalue weighted by Crippen LogP contribution is -2.37. The van der Waals surface area contributed by atoms with Gasteiger partial charge in [-0.3, -0.25) is 5.41 Å². The van der Waals surface area contributed by atoms with E-state index in [0.717, 1.165) is 18.7 Å². The van der Waals surface area contributed by atoms with Crippen LogP contribution in [-0.2, 0) is 0 Å². The molecule has 0 saturated carbocycles. The molecule has 1 fully saturated rings. The smallest absolute Gasteiger partial charge is 0.122 e. The lowest BCUT2D eigenvalue weighted by molar-refractivity contribution is 0.191. The highest BCUT2D eigenvalue weighted by molar-refractivity contribution is 6.33. The number of likely N-dealkylation sites (N-methyl/N-ethyl adjacent to an activating group) is 1. The Bertz CT molecular complexity index is 506. The maximum Gasteiger partial charge on any atom is 0.122 e. The van der Waals surface area contributed by atoms with Crippen LogP contribution < -0.4 is 10.6 Å². The molecule has 20 heavy (non-hydrogen) atoms. The molecule has 2 unspecified atom stereocenters. The second kappa shape index (κ2) is 5.99. The third-order valence-electron chi connectivity index (χ3n) is 3.54. The molecule has 0 aliphatic carbocycles. The second-order valence-electron chi connectivity index (χ2n) is 5.54. The number of halogens is 1. The van der Waals surface area contributed by atoms with Crippen LogP contribution in [0.5, 0.6) is 0 Å². The Hall–Kier alpha value is -1.30. The first-order valence-corrected chi connectivity index (χ1v) is 6.99. The van der Waals surface area contributed by atoms with E-state index in [2.05, 4.69) is 9.80 Å². The summed E-state index contributed by atoms with van der Waals surface area (Å²) >= 11 is 6.31. The van der Waals surface area contributed by atoms with Crippen molar-refractivity contribution in [3.8, 4) is 0 Å². The monoisotopic (exact) mass is 296 g/mol. The lowest BCUT2D eigenvalue weighted by atomic mass is 10.1. The number of nitrogen functional groups attached to an aromatic ring is 1. The summed E-state index contributed by atoms with van der Waals surface area (Å²) in [6.07, 6.45) is 0.409. The number of nitrogens with one attached hydrogen (secondary N) is 1. The third-order valence-corrected chi connectivity index (χ3v) is 3.84. The fourth-order valence-corrected chi connectivity index (χ4v) is 2.98. The Morgan fingerprint density at radius 2 is 2.25 bits per heavy atom. The van der Waals surface area contributed by atoms with Gasteiger partial charge in [0.1, 0.15) is 5.84 Å². The SMILES string of the molecule is CN(C)CC1CC(O)CN1c1ccc(C(=N)N)cc1Cl. The Morgan fingerprint density at radius 3 is 2.80 bits per heavy atom. The van der Waals surface area contributed by atoms with Gasteiger partial charge in [0.25, 0.3) is 0 Å². The number of nitrogens with zero attached hydrogens (tertiary/aromatic N) is 2. The van der Waals surface area contributed by atoms with Gasteiger partial charge in [-0.15, -0.1) is 0 Å². The molecule has 0 bridgehead atoms. The minimum atomic E-state index is -0.330. The van der Waals surface area contributed by atoms with Crippen molar-refractivity contribution in [2.24, 2.45) is 5.73 Å². The first kappa shape index (κ1) is 15.1. The zero-order valence-electron chi connectivity index (χ0n) is 11.8. The summed E-state index contributed by atoms with van der Waals surface area (Å²) in [5, 5.41) is 17.9. The maximum atomic E-state index is 9.92. The van der Waals surface area contributed by atoms with E-state index in [9.17, 15) is 5.11 Å². The summed E-state index contributed by atoms with van der Waals surface area (Å²) in [6.45, 7) is 1.44. The van der Waals surface area contributed by atoms with E-state index in [4.69, 9.17) is 22.7 Å². The molecule has 2 rings (SSSR count). The highest BCUT2D eigenvalue weighted by atomic mass is 35.5. The van der Waals surface area contributed by atoms with Gasteiger partial charge in [-0.1, -0.05) is 11.6 Å². The van der Waals surface area contributed by atoms with Crippen LogP contribution in [-0.4, -0.2) is 55.2 Å². The summed E-state index contributed by atoms with van der Waals surface area (Å²) < 4.78 is 0. The van der Waals surface area contributed by atoms with Crippen molar-refractivity contribution in [2.45, 2.75) is 18.6 Å². The zero-order valence-corrected chi connectivity index (χ0v) is 12.6. The fraction of sp³-hybridized carbons (Fsp3) is 0.500. The number of aliphatic hydroxyl groups is 1. The summed E-state index contributed by atoms with van der Waals surface area (Å²) in [6, 6.07) is 5.61. The lowest BCUT2D eigenvalue weighted by Gasteiger charge is -2.29. The van der Waals surface area contributed by atoms with Gasteiger partial charge in [-0.25, -0.2) is 0 Å². The van der Waals surface area contributed by atoms with E-state index >= 15 is 0 Å². The Labute approximate surface area is 124 Å². The fourth-order valence-electron chi connectivity index (χ4n) is 2.69. The highest BCUT2D eigenvalue weighted by Crippen LogP contribution is 2.32. The average molecular weight is 297 g/mol. The zero-order chi connectivity index (χ0) is 14.9. The van der Waals surface area contributed by atoms with Gasteiger partial charge in [0.05, 0.1) is 16.8 Å². The number of anilines is 1. The van der Waals surface area contributed by atoms with Gasteiger partial charge in [-0.05, 0) is 38.7 Å². The van der Waals surface area contributed by atoms with Crippen molar-refractivity contribution in [2.75, 3.05) is 32.1 Å². The molecule has 110 valence electrons. The number of aliphatic hydroxyl groups excluding tert-OH is 1. The number of nitrogens with two attached hydrogens (primary N) is 1. The molecule has 1 aliphatic rings. The first-order valence-electron chi connectivity index (χ1n) is 6.62. The van der Waals surface area contributed by atoms with Crippen LogP contribution in [0, 0.1) is 5.41 Å². The third kappa shape index (κ3) is 3.23. The second-order valence-corrected chi connectivity index (χ2v) is 5.95. The van der Waals surface area contributed by atoms with Gasteiger partial charge in [0.15, 0.2) is 0 Å². The van der Waals surface area contributed by atoms with Crippen molar-refractivity contribution in [1.29, 1.82) is 5.41 Å². The summed E-state index contributed by atoms with van der Waals surface area (Å²) in [4.78, 5) is 4.24. The topological polar surface area (TPSA) is 76.6 Å². The van der Waals surface area contributed by atoms with E-state index < -0.39 is 0 Å². The standard InChI is InChI=1S/C14H21ClN4O/c1-18(2)7-10-6-11(20)8-19(10)13-4-3-9(14(16)17)5-12(13)15/h3-5,10-11,20H,6-8H2,1-2H3,(H3,16,17). The normalized spacial score (nSPS) is 22.6. The molecular formula is C14H21ClN4O. The molecule has 1 heterocycles. The predicted molar refractivity (Wildman–Crippen MR) is 82.8 cm³/mol. The van der Waals surface area contributed by atoms with Crippen LogP contribution in [0.2, 0.25) is 5.02 Å². The van der Waals surface area contributed by atoms with E-state index in [1.54, 1.807) is 12.1 Å². The molecule has 1 aromatic carbocycles. The molecule has 0 radical (unpaired) electrons. The quantitative estimate of drug-likeness (QED) is 0.575. The number of benzene rings is 1. The van der Waals surface area contributed by atoms with Crippen LogP contribution in [0.3, 0.4) is 0 Å². The van der Waals surface area contributed by atoms with Gasteiger partial charge in [0.2, 0.25) is 0 Å². The molecule has 1 saturated heterocycles. The van der Waals surface area contributed by atoms with Gasteiger partial charge < -0.3 is 20.6 Å². The van der Waals surface area contributed by atoms with Crippen molar-refractivity contribution in [1.82, 2.24) is 4.90 Å². The number of β-amino-alcohol motifs (C(OH)–C–C–N with tert-alkyl or cyclic N) is 1. The summed E-state index contributed by atoms with van der Waals surface area (Å²) in [5.74, 6) is 0.00440. The Kier molecular flexibility index (Phi) is 4.52. The molecule has 1 aliphatic heterocycles. The molecule has 2 atom stereocenters. The first-order chi connectivity index (χ1) is 9.38. The molecule has 0 aromatic heterocycles. The van der Waals surface area contributed by atoms with Crippen molar-refractivity contribution >= 4 is 23.1 Å². The molecule has 0 spiro atoms. The van der Waals surface area contributed by atoms with Crippen LogP contribution >= 0.6 is 11.6 Å². The number of hydrogen-bond donors (Lipinski definition) is 3. The average Bonchev–Trinajstić information content (AvgIpc) is 2.68. The number of rotatable bonds is 4. The maximum absolute atomic E-state index is 9.92. The summed E-state index contributed by atoms with van der Waals surface area (Å²) in [5.41, 5.74) is 6.97. The minimum Gasteiger partial charge on any atom is -0.391 e. The Balaban J connectivity index is 2.27. The highest BCUT2D eigenvalue weighted by Gasteiger charge is 2.32. The van der Waals surface area contributed by atoms with Crippen LogP contribution in [0.1, 0.15) is 12.0 Å². The molecule has 1 aromatic rings. The number of hydrogen-bond acceptors (Lipinski definition) is 4. The van der Waals surface area contributed by atoms with Gasteiger partial charge >= 0.3 is 0 Å². The van der Waals surface area contributed by atoms with Gasteiger partial charge in [0, 0.05) is 24.7 Å². The van der Waals surface area contributed by atoms with E-state index in [1.807, 2.05) is 20.2 Å². The molecule has 5 nitrogen and oxygen atoms in total. The predicted octanol–water partition coefficient (Wildman–Crippen LogP) is 1.13. The molecule has 4 N–H and O–H groups in total. The summed E-state index contributed by atoms with van der Waals surface area (Å²) in [7, 11) is 4.03. The molecular weight excluding hydrogens is 276 g/mol. The van der Waals surface area contributed by atoms with E-state index in [1.165, 1.54) is 0 Å². The van der Waals surface area contributed by atoms with E-state index in [0.29, 0.717) is 17.1 Å². The van der Waals surface area contributed by atoms with E-state index in [-0.39, 0.29) is 18.0 Å². The molecule has 0 amide bonds. The van der Waals surface area contributed by atoms with Crippen molar-refractivity contribution < 1.29 is 5.11 Å². The van der Waals surface area contributed by atoms with Crippen LogP contribution in [0.25, 0.3) is 0 Å². The molecule has 6 heteroatoms.